The minimum Gasteiger partial charge on any atom is -0.466 e. The molecule has 1 aromatic carbocycles. The second-order valence-electron chi connectivity index (χ2n) is 8.68. The molecular weight excluding hydrogens is 495 g/mol. The molecule has 1 aliphatic rings. The zero-order valence-electron chi connectivity index (χ0n) is 19.7. The molecule has 34 heavy (non-hydrogen) atoms. The lowest BCUT2D eigenvalue weighted by Crippen LogP contribution is -2.47. The molecule has 9 heteroatoms. The molecule has 2 heterocycles. The van der Waals surface area contributed by atoms with Crippen LogP contribution in [0.4, 0.5) is 0 Å². The summed E-state index contributed by atoms with van der Waals surface area (Å²) >= 11 is 14.3. The molecule has 0 fully saturated rings. The van der Waals surface area contributed by atoms with E-state index in [0.29, 0.717) is 23.1 Å². The molecule has 1 atom stereocenters. The third-order valence-corrected chi connectivity index (χ3v) is 7.21. The lowest BCUT2D eigenvalue weighted by molar-refractivity contribution is -0.147. The van der Waals surface area contributed by atoms with Gasteiger partial charge in [-0.3, -0.25) is 14.4 Å². The van der Waals surface area contributed by atoms with Crippen LogP contribution in [-0.4, -0.2) is 53.8 Å². The molecule has 3 rings (SSSR count). The number of thiophene rings is 1. The number of fused-ring (bicyclic) bond motifs is 1. The molecular formula is C25H30Cl2N2O4S. The van der Waals surface area contributed by atoms with E-state index in [-0.39, 0.29) is 49.8 Å². The summed E-state index contributed by atoms with van der Waals surface area (Å²) in [6.07, 6.45) is 0.766. The van der Waals surface area contributed by atoms with E-state index in [1.807, 2.05) is 31.4 Å². The van der Waals surface area contributed by atoms with Crippen LogP contribution in [-0.2, 0) is 25.5 Å². The smallest absolute Gasteiger partial charge is 0.306 e. The summed E-state index contributed by atoms with van der Waals surface area (Å²) in [6, 6.07) is 7.01. The molecule has 0 saturated heterocycles. The van der Waals surface area contributed by atoms with Gasteiger partial charge in [0.15, 0.2) is 0 Å². The van der Waals surface area contributed by atoms with Crippen LogP contribution in [0.3, 0.4) is 0 Å². The number of ether oxygens (including phenoxy) is 1. The van der Waals surface area contributed by atoms with Gasteiger partial charge < -0.3 is 14.5 Å². The zero-order chi connectivity index (χ0) is 24.8. The normalized spacial score (nSPS) is 15.2. The summed E-state index contributed by atoms with van der Waals surface area (Å²) in [4.78, 5) is 42.8. The lowest BCUT2D eigenvalue weighted by Gasteiger charge is -2.38. The average molecular weight is 525 g/mol. The van der Waals surface area contributed by atoms with Crippen molar-refractivity contribution < 1.29 is 19.1 Å². The maximum Gasteiger partial charge on any atom is 0.306 e. The predicted octanol–water partition coefficient (Wildman–Crippen LogP) is 5.36. The number of halogens is 2. The average Bonchev–Trinajstić information content (AvgIpc) is 3.25. The molecule has 1 unspecified atom stereocenters. The summed E-state index contributed by atoms with van der Waals surface area (Å²) in [6.45, 7) is 6.89. The van der Waals surface area contributed by atoms with E-state index >= 15 is 0 Å². The molecule has 6 nitrogen and oxygen atoms in total. The van der Waals surface area contributed by atoms with Crippen LogP contribution in [0.15, 0.2) is 29.6 Å². The molecule has 0 spiro atoms. The third kappa shape index (κ3) is 6.52. The molecule has 1 aliphatic heterocycles. The highest BCUT2D eigenvalue weighted by Gasteiger charge is 2.35. The number of carbonyl (C=O) groups excluding carboxylic acids is 3. The van der Waals surface area contributed by atoms with Crippen molar-refractivity contribution in [2.45, 2.75) is 46.1 Å². The van der Waals surface area contributed by atoms with Crippen molar-refractivity contribution in [1.82, 2.24) is 9.80 Å². The first-order chi connectivity index (χ1) is 16.2. The molecule has 1 aromatic heterocycles. The van der Waals surface area contributed by atoms with E-state index in [1.54, 1.807) is 40.2 Å². The van der Waals surface area contributed by atoms with Crippen LogP contribution >= 0.6 is 34.5 Å². The number of hydrogen-bond donors (Lipinski definition) is 0. The van der Waals surface area contributed by atoms with Crippen LogP contribution in [0.25, 0.3) is 0 Å². The highest BCUT2D eigenvalue weighted by Crippen LogP contribution is 2.41. The number of carbonyl (C=O) groups is 3. The SMILES string of the molecule is CCOC(=O)CCC(=O)N(CC(=O)N1CCc2sccc2C1c1ccc(Cl)cc1Cl)CC(C)C. The summed E-state index contributed by atoms with van der Waals surface area (Å²) < 4.78 is 4.93. The molecule has 0 bridgehead atoms. The Labute approximate surface area is 214 Å². The van der Waals surface area contributed by atoms with Gasteiger partial charge in [-0.2, -0.15) is 0 Å². The molecule has 0 radical (unpaired) electrons. The first kappa shape index (κ1) is 26.5. The quantitative estimate of drug-likeness (QED) is 0.414. The Kier molecular flexibility index (Phi) is 9.39. The predicted molar refractivity (Wildman–Crippen MR) is 135 cm³/mol. The molecule has 0 aliphatic carbocycles. The largest absolute Gasteiger partial charge is 0.466 e. The number of amides is 2. The Bertz CT molecular complexity index is 1040. The van der Waals surface area contributed by atoms with Gasteiger partial charge in [-0.15, -0.1) is 11.3 Å². The first-order valence-corrected chi connectivity index (χ1v) is 13.1. The fourth-order valence-electron chi connectivity index (χ4n) is 4.19. The minimum atomic E-state index is -0.412. The maximum atomic E-state index is 13.6. The van der Waals surface area contributed by atoms with Gasteiger partial charge >= 0.3 is 5.97 Å². The summed E-state index contributed by atoms with van der Waals surface area (Å²) in [5, 5.41) is 3.06. The van der Waals surface area contributed by atoms with Crippen LogP contribution < -0.4 is 0 Å². The van der Waals surface area contributed by atoms with Crippen molar-refractivity contribution in [3.05, 3.63) is 55.7 Å². The van der Waals surface area contributed by atoms with Crippen molar-refractivity contribution >= 4 is 52.3 Å². The van der Waals surface area contributed by atoms with E-state index in [1.165, 1.54) is 4.88 Å². The van der Waals surface area contributed by atoms with Gasteiger partial charge in [0.1, 0.15) is 0 Å². The summed E-state index contributed by atoms with van der Waals surface area (Å²) in [5.74, 6) is -0.627. The van der Waals surface area contributed by atoms with E-state index in [0.717, 1.165) is 17.5 Å². The zero-order valence-corrected chi connectivity index (χ0v) is 22.0. The van der Waals surface area contributed by atoms with Crippen molar-refractivity contribution in [2.75, 3.05) is 26.2 Å². The Morgan fingerprint density at radius 1 is 1.18 bits per heavy atom. The number of hydrogen-bond acceptors (Lipinski definition) is 5. The topological polar surface area (TPSA) is 66.9 Å². The van der Waals surface area contributed by atoms with Crippen molar-refractivity contribution in [3.63, 3.8) is 0 Å². The van der Waals surface area contributed by atoms with Gasteiger partial charge in [0.2, 0.25) is 11.8 Å². The van der Waals surface area contributed by atoms with Gasteiger partial charge in [0.25, 0.3) is 0 Å². The van der Waals surface area contributed by atoms with E-state index in [9.17, 15) is 14.4 Å². The van der Waals surface area contributed by atoms with Crippen LogP contribution in [0, 0.1) is 5.92 Å². The van der Waals surface area contributed by atoms with Gasteiger partial charge in [-0.05, 0) is 54.0 Å². The van der Waals surface area contributed by atoms with Crippen LogP contribution in [0.2, 0.25) is 10.0 Å². The fourth-order valence-corrected chi connectivity index (χ4v) is 5.61. The van der Waals surface area contributed by atoms with Gasteiger partial charge in [0.05, 0.1) is 25.6 Å². The van der Waals surface area contributed by atoms with Crippen LogP contribution in [0.1, 0.15) is 55.7 Å². The lowest BCUT2D eigenvalue weighted by atomic mass is 9.93. The number of esters is 1. The Morgan fingerprint density at radius 2 is 1.94 bits per heavy atom. The third-order valence-electron chi connectivity index (χ3n) is 5.66. The first-order valence-electron chi connectivity index (χ1n) is 11.4. The number of nitrogens with zero attached hydrogens (tertiary/aromatic N) is 2. The minimum absolute atomic E-state index is 0.000441. The van der Waals surface area contributed by atoms with Gasteiger partial charge in [-0.1, -0.05) is 43.1 Å². The summed E-state index contributed by atoms with van der Waals surface area (Å²) in [7, 11) is 0. The van der Waals surface area contributed by atoms with E-state index in [4.69, 9.17) is 27.9 Å². The molecule has 2 aromatic rings. The highest BCUT2D eigenvalue weighted by molar-refractivity contribution is 7.10. The second kappa shape index (κ2) is 12.0. The monoisotopic (exact) mass is 524 g/mol. The van der Waals surface area contributed by atoms with E-state index in [2.05, 4.69) is 0 Å². The Morgan fingerprint density at radius 3 is 2.62 bits per heavy atom. The molecule has 2 amide bonds. The van der Waals surface area contributed by atoms with Crippen LogP contribution in [0.5, 0.6) is 0 Å². The Balaban J connectivity index is 1.83. The standard InChI is InChI=1S/C25H30Cl2N2O4S/c1-4-33-24(32)8-7-22(30)28(14-16(2)3)15-23(31)29-11-9-21-19(10-12-34-21)25(29)18-6-5-17(26)13-20(18)27/h5-6,10,12-13,16,25H,4,7-9,11,14-15H2,1-3H3. The van der Waals surface area contributed by atoms with E-state index < -0.39 is 5.97 Å². The van der Waals surface area contributed by atoms with Crippen molar-refractivity contribution in [1.29, 1.82) is 0 Å². The van der Waals surface area contributed by atoms with Gasteiger partial charge in [-0.25, -0.2) is 0 Å². The summed E-state index contributed by atoms with van der Waals surface area (Å²) in [5.41, 5.74) is 1.86. The fraction of sp³-hybridized carbons (Fsp3) is 0.480. The Hall–Kier alpha value is -2.09. The van der Waals surface area contributed by atoms with Crippen molar-refractivity contribution in [2.24, 2.45) is 5.92 Å². The molecule has 0 N–H and O–H groups in total. The number of rotatable bonds is 9. The van der Waals surface area contributed by atoms with Gasteiger partial charge in [0, 0.05) is 34.4 Å². The molecule has 0 saturated carbocycles. The highest BCUT2D eigenvalue weighted by atomic mass is 35.5. The maximum absolute atomic E-state index is 13.6. The molecule has 184 valence electrons. The van der Waals surface area contributed by atoms with Crippen molar-refractivity contribution in [3.8, 4) is 0 Å². The number of benzene rings is 1. The second-order valence-corrected chi connectivity index (χ2v) is 10.5.